The summed E-state index contributed by atoms with van der Waals surface area (Å²) < 4.78 is 0. The number of rotatable bonds is 2. The van der Waals surface area contributed by atoms with E-state index in [0.717, 1.165) is 25.7 Å². The molecule has 0 aliphatic heterocycles. The fraction of sp³-hybridized carbons (Fsp3) is 0.857. The lowest BCUT2D eigenvalue weighted by Crippen LogP contribution is -2.42. The van der Waals surface area contributed by atoms with Crippen LogP contribution in [0.25, 0.3) is 0 Å². The normalized spacial score (nSPS) is 21.6. The van der Waals surface area contributed by atoms with Gasteiger partial charge in [0.2, 0.25) is 0 Å². The van der Waals surface area contributed by atoms with E-state index in [1.807, 2.05) is 0 Å². The second-order valence-corrected chi connectivity index (χ2v) is 3.13. The highest BCUT2D eigenvalue weighted by Crippen LogP contribution is 2.36. The summed E-state index contributed by atoms with van der Waals surface area (Å²) in [5, 5.41) is 8.44. The maximum Gasteiger partial charge on any atom is 0.250 e. The van der Waals surface area contributed by atoms with Crippen molar-refractivity contribution < 1.29 is 10.0 Å². The summed E-state index contributed by atoms with van der Waals surface area (Å²) >= 11 is 0. The first-order valence-corrected chi connectivity index (χ1v) is 3.90. The molecule has 1 aliphatic rings. The molecule has 0 saturated heterocycles. The summed E-state index contributed by atoms with van der Waals surface area (Å²) in [6.07, 6.45) is 3.67. The summed E-state index contributed by atoms with van der Waals surface area (Å²) in [4.78, 5) is 11.1. The van der Waals surface area contributed by atoms with Crippen molar-refractivity contribution in [2.24, 2.45) is 11.1 Å². The van der Waals surface area contributed by atoms with Crippen molar-refractivity contribution in [2.75, 3.05) is 6.54 Å². The lowest BCUT2D eigenvalue weighted by Gasteiger charge is -2.23. The predicted octanol–water partition coefficient (Wildman–Crippen LogP) is 0.0109. The smallest absolute Gasteiger partial charge is 0.250 e. The van der Waals surface area contributed by atoms with Gasteiger partial charge in [-0.3, -0.25) is 10.0 Å². The molecule has 0 aromatic heterocycles. The first-order chi connectivity index (χ1) is 5.25. The number of nitrogens with two attached hydrogens (primary N) is 1. The molecular formula is C7H14N2O2. The average Bonchev–Trinajstić information content (AvgIpc) is 2.52. The quantitative estimate of drug-likeness (QED) is 0.391. The van der Waals surface area contributed by atoms with Crippen LogP contribution in [0.1, 0.15) is 25.7 Å². The zero-order valence-corrected chi connectivity index (χ0v) is 6.47. The van der Waals surface area contributed by atoms with E-state index >= 15 is 0 Å². The molecule has 0 aromatic rings. The van der Waals surface area contributed by atoms with Gasteiger partial charge in [-0.1, -0.05) is 12.8 Å². The van der Waals surface area contributed by atoms with Gasteiger partial charge in [-0.25, -0.2) is 5.48 Å². The van der Waals surface area contributed by atoms with E-state index < -0.39 is 5.41 Å². The van der Waals surface area contributed by atoms with Crippen molar-refractivity contribution in [2.45, 2.75) is 25.7 Å². The summed E-state index contributed by atoms with van der Waals surface area (Å²) in [6, 6.07) is 0. The lowest BCUT2D eigenvalue weighted by atomic mass is 9.86. The van der Waals surface area contributed by atoms with Crippen LogP contribution in [-0.2, 0) is 4.79 Å². The average molecular weight is 158 g/mol. The molecule has 0 heterocycles. The third-order valence-electron chi connectivity index (χ3n) is 2.53. The maximum atomic E-state index is 11.1. The van der Waals surface area contributed by atoms with Gasteiger partial charge in [0.1, 0.15) is 0 Å². The number of hydrogen-bond donors (Lipinski definition) is 3. The van der Waals surface area contributed by atoms with Crippen molar-refractivity contribution in [3.05, 3.63) is 0 Å². The summed E-state index contributed by atoms with van der Waals surface area (Å²) in [5.41, 5.74) is 6.68. The first-order valence-electron chi connectivity index (χ1n) is 3.90. The number of amides is 1. The van der Waals surface area contributed by atoms with E-state index in [1.54, 1.807) is 5.48 Å². The van der Waals surface area contributed by atoms with Crippen LogP contribution in [0.2, 0.25) is 0 Å². The highest BCUT2D eigenvalue weighted by molar-refractivity contribution is 5.82. The van der Waals surface area contributed by atoms with Crippen LogP contribution in [0, 0.1) is 5.41 Å². The second kappa shape index (κ2) is 3.19. The summed E-state index contributed by atoms with van der Waals surface area (Å²) in [5.74, 6) is -0.322. The van der Waals surface area contributed by atoms with Gasteiger partial charge < -0.3 is 5.73 Å². The Bertz CT molecular complexity index is 153. The van der Waals surface area contributed by atoms with E-state index in [-0.39, 0.29) is 5.91 Å². The second-order valence-electron chi connectivity index (χ2n) is 3.13. The van der Waals surface area contributed by atoms with Crippen LogP contribution in [-0.4, -0.2) is 17.7 Å². The zero-order chi connectivity index (χ0) is 8.32. The molecule has 64 valence electrons. The van der Waals surface area contributed by atoms with E-state index in [2.05, 4.69) is 0 Å². The highest BCUT2D eigenvalue weighted by Gasteiger charge is 2.39. The van der Waals surface area contributed by atoms with Crippen molar-refractivity contribution in [3.8, 4) is 0 Å². The molecule has 4 nitrogen and oxygen atoms in total. The first kappa shape index (κ1) is 8.49. The van der Waals surface area contributed by atoms with Gasteiger partial charge in [-0.15, -0.1) is 0 Å². The fourth-order valence-corrected chi connectivity index (χ4v) is 1.69. The third kappa shape index (κ3) is 1.36. The Labute approximate surface area is 65.7 Å². The SMILES string of the molecule is NCC1(C(=O)NO)CCCC1. The molecule has 0 aromatic carbocycles. The number of nitrogens with one attached hydrogen (secondary N) is 1. The van der Waals surface area contributed by atoms with E-state index in [4.69, 9.17) is 10.9 Å². The van der Waals surface area contributed by atoms with Gasteiger partial charge in [0.25, 0.3) is 5.91 Å². The molecule has 0 unspecified atom stereocenters. The van der Waals surface area contributed by atoms with Crippen molar-refractivity contribution in [3.63, 3.8) is 0 Å². The molecule has 0 atom stereocenters. The predicted molar refractivity (Wildman–Crippen MR) is 39.9 cm³/mol. The Hall–Kier alpha value is -0.610. The maximum absolute atomic E-state index is 11.1. The molecular weight excluding hydrogens is 144 g/mol. The molecule has 0 spiro atoms. The molecule has 1 aliphatic carbocycles. The zero-order valence-electron chi connectivity index (χ0n) is 6.47. The molecule has 1 amide bonds. The van der Waals surface area contributed by atoms with Gasteiger partial charge in [-0.05, 0) is 12.8 Å². The van der Waals surface area contributed by atoms with Crippen molar-refractivity contribution >= 4 is 5.91 Å². The number of hydrogen-bond acceptors (Lipinski definition) is 3. The summed E-state index contributed by atoms with van der Waals surface area (Å²) in [7, 11) is 0. The van der Waals surface area contributed by atoms with Crippen LogP contribution >= 0.6 is 0 Å². The van der Waals surface area contributed by atoms with Crippen LogP contribution < -0.4 is 11.2 Å². The molecule has 1 fully saturated rings. The van der Waals surface area contributed by atoms with E-state index in [9.17, 15) is 4.79 Å². The van der Waals surface area contributed by atoms with Gasteiger partial charge in [0.15, 0.2) is 0 Å². The van der Waals surface area contributed by atoms with Gasteiger partial charge in [0.05, 0.1) is 5.41 Å². The number of hydroxylamine groups is 1. The molecule has 4 heteroatoms. The molecule has 4 N–H and O–H groups in total. The Morgan fingerprint density at radius 1 is 1.55 bits per heavy atom. The van der Waals surface area contributed by atoms with Crippen LogP contribution in [0.15, 0.2) is 0 Å². The Kier molecular flexibility index (Phi) is 2.46. The minimum Gasteiger partial charge on any atom is -0.329 e. The van der Waals surface area contributed by atoms with E-state index in [0.29, 0.717) is 6.54 Å². The Balaban J connectivity index is 2.66. The largest absolute Gasteiger partial charge is 0.329 e. The van der Waals surface area contributed by atoms with Crippen LogP contribution in [0.4, 0.5) is 0 Å². The monoisotopic (exact) mass is 158 g/mol. The fourth-order valence-electron chi connectivity index (χ4n) is 1.69. The molecule has 0 bridgehead atoms. The Morgan fingerprint density at radius 3 is 2.45 bits per heavy atom. The van der Waals surface area contributed by atoms with Crippen molar-refractivity contribution in [1.82, 2.24) is 5.48 Å². The van der Waals surface area contributed by atoms with Crippen LogP contribution in [0.5, 0.6) is 0 Å². The minimum atomic E-state index is -0.477. The third-order valence-corrected chi connectivity index (χ3v) is 2.53. The molecule has 1 saturated carbocycles. The summed E-state index contributed by atoms with van der Waals surface area (Å²) in [6.45, 7) is 0.333. The topological polar surface area (TPSA) is 75.4 Å². The van der Waals surface area contributed by atoms with Gasteiger partial charge in [-0.2, -0.15) is 0 Å². The molecule has 1 rings (SSSR count). The van der Waals surface area contributed by atoms with Gasteiger partial charge in [0, 0.05) is 6.54 Å². The molecule has 0 radical (unpaired) electrons. The molecule has 11 heavy (non-hydrogen) atoms. The number of carbonyl (C=O) groups excluding carboxylic acids is 1. The van der Waals surface area contributed by atoms with Gasteiger partial charge >= 0.3 is 0 Å². The van der Waals surface area contributed by atoms with Crippen LogP contribution in [0.3, 0.4) is 0 Å². The van der Waals surface area contributed by atoms with E-state index in [1.165, 1.54) is 0 Å². The minimum absolute atomic E-state index is 0.322. The Morgan fingerprint density at radius 2 is 2.09 bits per heavy atom. The number of carbonyl (C=O) groups is 1. The van der Waals surface area contributed by atoms with Crippen molar-refractivity contribution in [1.29, 1.82) is 0 Å². The highest BCUT2D eigenvalue weighted by atomic mass is 16.5. The lowest BCUT2D eigenvalue weighted by molar-refractivity contribution is -0.139. The standard InChI is InChI=1S/C7H14N2O2/c8-5-7(6(10)9-11)3-1-2-4-7/h11H,1-5,8H2,(H,9,10).